The summed E-state index contributed by atoms with van der Waals surface area (Å²) in [6.45, 7) is 2.72. The summed E-state index contributed by atoms with van der Waals surface area (Å²) in [5.74, 6) is -1.39. The molecule has 0 saturated carbocycles. The second-order valence-corrected chi connectivity index (χ2v) is 8.57. The first-order chi connectivity index (χ1) is 16.4. The van der Waals surface area contributed by atoms with Gasteiger partial charge in [0.15, 0.2) is 0 Å². The lowest BCUT2D eigenvalue weighted by Crippen LogP contribution is -2.43. The van der Waals surface area contributed by atoms with Crippen molar-refractivity contribution >= 4 is 22.9 Å². The van der Waals surface area contributed by atoms with Crippen LogP contribution in [0.25, 0.3) is 11.0 Å². The summed E-state index contributed by atoms with van der Waals surface area (Å²) in [5.41, 5.74) is -0.123. The Morgan fingerprint density at radius 1 is 1.00 bits per heavy atom. The molecule has 188 valence electrons. The smallest absolute Gasteiger partial charge is 0.304 e. The second-order valence-electron chi connectivity index (χ2n) is 8.57. The number of alkyl halides is 6. The van der Waals surface area contributed by atoms with Gasteiger partial charge in [-0.3, -0.25) is 15.0 Å². The van der Waals surface area contributed by atoms with E-state index >= 15 is 0 Å². The number of hydrogen-bond donors (Lipinski definition) is 1. The van der Waals surface area contributed by atoms with Crippen LogP contribution in [0.3, 0.4) is 0 Å². The number of anilines is 1. The van der Waals surface area contributed by atoms with Gasteiger partial charge in [0.05, 0.1) is 16.6 Å². The third-order valence-corrected chi connectivity index (χ3v) is 5.83. The van der Waals surface area contributed by atoms with Crippen LogP contribution in [0.5, 0.6) is 0 Å². The Bertz CT molecular complexity index is 1210. The number of halogens is 6. The SMILES string of the molecule is CN1CCN(Cc2ccc3c(c2)nc(NC(=O)c2cccc(C(F)(F)F)c2)n3CC(F)(F)F)CC1. The summed E-state index contributed by atoms with van der Waals surface area (Å²) in [6.07, 6.45) is -9.28. The molecule has 1 N–H and O–H groups in total. The van der Waals surface area contributed by atoms with Crippen LogP contribution in [0.2, 0.25) is 0 Å². The first kappa shape index (κ1) is 25.0. The molecule has 35 heavy (non-hydrogen) atoms. The number of benzene rings is 2. The normalized spacial score (nSPS) is 16.1. The Hall–Kier alpha value is -3.12. The molecule has 0 atom stereocenters. The summed E-state index contributed by atoms with van der Waals surface area (Å²) in [6, 6.07) is 8.54. The standard InChI is InChI=1S/C23H23F6N5O/c1-32-7-9-33(10-8-32)13-15-5-6-19-18(11-15)30-21(34(19)14-22(24,25)26)31-20(35)16-3-2-4-17(12-16)23(27,28)29/h2-6,11-12H,7-10,13-14H2,1H3,(H,30,31,35). The van der Waals surface area contributed by atoms with E-state index in [1.807, 2.05) is 7.05 Å². The van der Waals surface area contributed by atoms with Crippen molar-refractivity contribution in [2.75, 3.05) is 38.5 Å². The highest BCUT2D eigenvalue weighted by molar-refractivity contribution is 6.04. The molecule has 0 unspecified atom stereocenters. The van der Waals surface area contributed by atoms with E-state index in [1.165, 1.54) is 6.07 Å². The number of nitrogens with zero attached hydrogens (tertiary/aromatic N) is 4. The quantitative estimate of drug-likeness (QED) is 0.521. The predicted octanol–water partition coefficient (Wildman–Crippen LogP) is 4.62. The highest BCUT2D eigenvalue weighted by Crippen LogP contribution is 2.30. The Morgan fingerprint density at radius 2 is 1.71 bits per heavy atom. The Balaban J connectivity index is 1.63. The third-order valence-electron chi connectivity index (χ3n) is 5.83. The highest BCUT2D eigenvalue weighted by atomic mass is 19.4. The van der Waals surface area contributed by atoms with E-state index in [2.05, 4.69) is 20.1 Å². The summed E-state index contributed by atoms with van der Waals surface area (Å²) in [7, 11) is 2.03. The van der Waals surface area contributed by atoms with E-state index in [0.29, 0.717) is 12.6 Å². The number of hydrogen-bond acceptors (Lipinski definition) is 4. The van der Waals surface area contributed by atoms with Crippen LogP contribution >= 0.6 is 0 Å². The number of amides is 1. The highest BCUT2D eigenvalue weighted by Gasteiger charge is 2.32. The summed E-state index contributed by atoms with van der Waals surface area (Å²) < 4.78 is 79.7. The molecule has 4 rings (SSSR count). The van der Waals surface area contributed by atoms with Gasteiger partial charge in [0, 0.05) is 38.3 Å². The van der Waals surface area contributed by atoms with Crippen molar-refractivity contribution in [3.8, 4) is 0 Å². The van der Waals surface area contributed by atoms with Crippen molar-refractivity contribution in [1.82, 2.24) is 19.4 Å². The van der Waals surface area contributed by atoms with Crippen molar-refractivity contribution < 1.29 is 31.1 Å². The van der Waals surface area contributed by atoms with Crippen LogP contribution in [0.15, 0.2) is 42.5 Å². The van der Waals surface area contributed by atoms with Crippen LogP contribution in [-0.2, 0) is 19.3 Å². The fourth-order valence-electron chi connectivity index (χ4n) is 3.98. The van der Waals surface area contributed by atoms with Crippen molar-refractivity contribution in [2.45, 2.75) is 25.4 Å². The zero-order valence-electron chi connectivity index (χ0n) is 18.7. The number of imidazole rings is 1. The molecular formula is C23H23F6N5O. The molecule has 12 heteroatoms. The maximum atomic E-state index is 13.3. The Labute approximate surface area is 197 Å². The molecule has 1 amide bonds. The number of carbonyl (C=O) groups is 1. The average Bonchev–Trinajstić information content (AvgIpc) is 3.09. The van der Waals surface area contributed by atoms with Crippen molar-refractivity contribution in [1.29, 1.82) is 0 Å². The monoisotopic (exact) mass is 499 g/mol. The van der Waals surface area contributed by atoms with E-state index in [0.717, 1.165) is 54.5 Å². The van der Waals surface area contributed by atoms with Crippen LogP contribution in [0.1, 0.15) is 21.5 Å². The van der Waals surface area contributed by atoms with Gasteiger partial charge >= 0.3 is 12.4 Å². The molecule has 1 aliphatic rings. The van der Waals surface area contributed by atoms with E-state index in [1.54, 1.807) is 12.1 Å². The topological polar surface area (TPSA) is 53.4 Å². The zero-order valence-corrected chi connectivity index (χ0v) is 18.7. The van der Waals surface area contributed by atoms with Gasteiger partial charge in [0.25, 0.3) is 5.91 Å². The minimum Gasteiger partial charge on any atom is -0.304 e. The lowest BCUT2D eigenvalue weighted by atomic mass is 10.1. The predicted molar refractivity (Wildman–Crippen MR) is 118 cm³/mol. The van der Waals surface area contributed by atoms with Crippen LogP contribution < -0.4 is 5.32 Å². The number of likely N-dealkylation sites (N-methyl/N-ethyl adjacent to an activating group) is 1. The van der Waals surface area contributed by atoms with Gasteiger partial charge in [-0.1, -0.05) is 12.1 Å². The molecule has 2 aromatic carbocycles. The number of fused-ring (bicyclic) bond motifs is 1. The number of carbonyl (C=O) groups excluding carboxylic acids is 1. The molecule has 1 fully saturated rings. The number of piperazine rings is 1. The third kappa shape index (κ3) is 6.12. The largest absolute Gasteiger partial charge is 0.416 e. The van der Waals surface area contributed by atoms with Gasteiger partial charge in [-0.15, -0.1) is 0 Å². The van der Waals surface area contributed by atoms with Crippen molar-refractivity contribution in [2.24, 2.45) is 0 Å². The van der Waals surface area contributed by atoms with Gasteiger partial charge in [0.2, 0.25) is 5.95 Å². The minimum atomic E-state index is -4.67. The first-order valence-corrected chi connectivity index (χ1v) is 10.8. The zero-order chi connectivity index (χ0) is 25.4. The van der Waals surface area contributed by atoms with Crippen LogP contribution in [0.4, 0.5) is 32.3 Å². The Kier molecular flexibility index (Phi) is 6.78. The average molecular weight is 499 g/mol. The molecule has 2 heterocycles. The first-order valence-electron chi connectivity index (χ1n) is 10.8. The summed E-state index contributed by atoms with van der Waals surface area (Å²) in [5, 5.41) is 2.25. The van der Waals surface area contributed by atoms with Crippen molar-refractivity contribution in [3.63, 3.8) is 0 Å². The number of nitrogens with one attached hydrogen (secondary N) is 1. The van der Waals surface area contributed by atoms with E-state index < -0.39 is 36.3 Å². The maximum Gasteiger partial charge on any atom is 0.416 e. The second kappa shape index (κ2) is 9.50. The maximum absolute atomic E-state index is 13.3. The van der Waals surface area contributed by atoms with Gasteiger partial charge in [-0.25, -0.2) is 4.98 Å². The summed E-state index contributed by atoms with van der Waals surface area (Å²) >= 11 is 0. The van der Waals surface area contributed by atoms with Gasteiger partial charge in [-0.2, -0.15) is 26.3 Å². The molecule has 3 aromatic rings. The van der Waals surface area contributed by atoms with Crippen LogP contribution in [0, 0.1) is 0 Å². The van der Waals surface area contributed by atoms with Crippen molar-refractivity contribution in [3.05, 3.63) is 59.2 Å². The fourth-order valence-corrected chi connectivity index (χ4v) is 3.98. The van der Waals surface area contributed by atoms with Gasteiger partial charge in [-0.05, 0) is 42.9 Å². The molecule has 0 bridgehead atoms. The number of aromatic nitrogens is 2. The minimum absolute atomic E-state index is 0.156. The molecule has 6 nitrogen and oxygen atoms in total. The van der Waals surface area contributed by atoms with Gasteiger partial charge < -0.3 is 9.47 Å². The molecule has 1 saturated heterocycles. The van der Waals surface area contributed by atoms with E-state index in [9.17, 15) is 31.1 Å². The lowest BCUT2D eigenvalue weighted by Gasteiger charge is -2.32. The summed E-state index contributed by atoms with van der Waals surface area (Å²) in [4.78, 5) is 21.2. The molecule has 0 radical (unpaired) electrons. The van der Waals surface area contributed by atoms with E-state index in [-0.39, 0.29) is 16.6 Å². The Morgan fingerprint density at radius 3 is 2.37 bits per heavy atom. The molecule has 0 aliphatic carbocycles. The molecular weight excluding hydrogens is 476 g/mol. The lowest BCUT2D eigenvalue weighted by molar-refractivity contribution is -0.139. The molecule has 1 aromatic heterocycles. The molecule has 1 aliphatic heterocycles. The van der Waals surface area contributed by atoms with Crippen LogP contribution in [-0.4, -0.2) is 64.7 Å². The molecule has 0 spiro atoms. The fraction of sp³-hybridized carbons (Fsp3) is 0.391. The van der Waals surface area contributed by atoms with E-state index in [4.69, 9.17) is 0 Å². The number of rotatable bonds is 5. The van der Waals surface area contributed by atoms with Gasteiger partial charge in [0.1, 0.15) is 6.54 Å².